The molecule has 4 rings (SSSR count). The maximum absolute atomic E-state index is 12.7. The largest absolute Gasteiger partial charge is 0.376 e. The van der Waals surface area contributed by atoms with E-state index in [0.717, 1.165) is 19.4 Å². The third kappa shape index (κ3) is 3.70. The average Bonchev–Trinajstić information content (AvgIpc) is 3.35. The summed E-state index contributed by atoms with van der Waals surface area (Å²) in [4.78, 5) is 17.3. The first-order valence-corrected chi connectivity index (χ1v) is 9.61. The summed E-state index contributed by atoms with van der Waals surface area (Å²) in [6.45, 7) is 1.33. The molecule has 1 aliphatic rings. The molecule has 9 nitrogen and oxygen atoms in total. The summed E-state index contributed by atoms with van der Waals surface area (Å²) in [5, 5.41) is 22.1. The van der Waals surface area contributed by atoms with Crippen LogP contribution in [0.4, 0.5) is 0 Å². The highest BCUT2D eigenvalue weighted by Gasteiger charge is 2.19. The monoisotopic (exact) mass is 383 g/mol. The van der Waals surface area contributed by atoms with Crippen LogP contribution in [0.2, 0.25) is 0 Å². The van der Waals surface area contributed by atoms with Crippen molar-refractivity contribution in [1.82, 2.24) is 29.8 Å². The Morgan fingerprint density at radius 1 is 1.37 bits per heavy atom. The number of nitrogens with zero attached hydrogens (tertiary/aromatic N) is 7. The molecule has 0 aliphatic carbocycles. The summed E-state index contributed by atoms with van der Waals surface area (Å²) < 4.78 is 8.76. The number of aromatic nitrogens is 6. The van der Waals surface area contributed by atoms with Crippen LogP contribution < -0.4 is 5.56 Å². The fraction of sp³-hybridized carbons (Fsp3) is 0.412. The SMILES string of the molecule is N#CCn1c(CSc2nnnn2C[C@H]2CCCO2)nc2ccccc2c1=O. The number of fused-ring (bicyclic) bond motifs is 1. The number of para-hydroxylation sites is 1. The standard InChI is InChI=1S/C17H17N7O2S/c18-7-8-23-15(19-14-6-2-1-5-13(14)16(23)25)11-27-17-20-21-22-24(17)10-12-4-3-9-26-12/h1-2,5-6,12H,3-4,8-11H2/t12-/m1/s1. The Morgan fingerprint density at radius 3 is 3.07 bits per heavy atom. The molecule has 10 heteroatoms. The van der Waals surface area contributed by atoms with Gasteiger partial charge in [0, 0.05) is 6.61 Å². The van der Waals surface area contributed by atoms with Gasteiger partial charge < -0.3 is 4.74 Å². The van der Waals surface area contributed by atoms with Crippen LogP contribution in [0.15, 0.2) is 34.2 Å². The van der Waals surface area contributed by atoms with Gasteiger partial charge in [-0.1, -0.05) is 23.9 Å². The van der Waals surface area contributed by atoms with Crippen LogP contribution in [-0.2, 0) is 23.6 Å². The minimum absolute atomic E-state index is 0.0482. The summed E-state index contributed by atoms with van der Waals surface area (Å²) in [5.41, 5.74) is 0.405. The summed E-state index contributed by atoms with van der Waals surface area (Å²) in [6, 6.07) is 9.17. The van der Waals surface area contributed by atoms with Crippen LogP contribution in [0.25, 0.3) is 10.9 Å². The average molecular weight is 383 g/mol. The normalized spacial score (nSPS) is 16.6. The van der Waals surface area contributed by atoms with Crippen molar-refractivity contribution in [2.75, 3.05) is 6.61 Å². The number of ether oxygens (including phenoxy) is 1. The smallest absolute Gasteiger partial charge is 0.262 e. The molecule has 1 atom stereocenters. The number of thioether (sulfide) groups is 1. The van der Waals surface area contributed by atoms with Gasteiger partial charge in [-0.15, -0.1) is 5.10 Å². The number of benzene rings is 1. The molecule has 3 aromatic rings. The highest BCUT2D eigenvalue weighted by molar-refractivity contribution is 7.98. The predicted molar refractivity (Wildman–Crippen MR) is 98.0 cm³/mol. The van der Waals surface area contributed by atoms with Gasteiger partial charge in [0.25, 0.3) is 5.56 Å². The lowest BCUT2D eigenvalue weighted by Gasteiger charge is -2.12. The molecular formula is C17H17N7O2S. The van der Waals surface area contributed by atoms with Gasteiger partial charge in [0.05, 0.1) is 35.4 Å². The van der Waals surface area contributed by atoms with Crippen molar-refractivity contribution < 1.29 is 4.74 Å². The number of hydrogen-bond donors (Lipinski definition) is 0. The van der Waals surface area contributed by atoms with Gasteiger partial charge in [-0.25, -0.2) is 9.67 Å². The first-order valence-electron chi connectivity index (χ1n) is 8.62. The minimum Gasteiger partial charge on any atom is -0.376 e. The van der Waals surface area contributed by atoms with Crippen molar-refractivity contribution in [3.63, 3.8) is 0 Å². The van der Waals surface area contributed by atoms with E-state index in [-0.39, 0.29) is 18.2 Å². The summed E-state index contributed by atoms with van der Waals surface area (Å²) in [7, 11) is 0. The van der Waals surface area contributed by atoms with Crippen LogP contribution in [0.5, 0.6) is 0 Å². The van der Waals surface area contributed by atoms with Crippen molar-refractivity contribution in [3.05, 3.63) is 40.4 Å². The summed E-state index contributed by atoms with van der Waals surface area (Å²) in [5.74, 6) is 0.908. The zero-order valence-electron chi connectivity index (χ0n) is 14.5. The number of hydrogen-bond acceptors (Lipinski definition) is 8. The van der Waals surface area contributed by atoms with E-state index in [1.807, 2.05) is 12.1 Å². The Balaban J connectivity index is 1.59. The summed E-state index contributed by atoms with van der Waals surface area (Å²) in [6.07, 6.45) is 2.18. The van der Waals surface area contributed by atoms with E-state index in [0.29, 0.717) is 34.2 Å². The second-order valence-electron chi connectivity index (χ2n) is 6.16. The molecule has 0 unspecified atom stereocenters. The third-order valence-corrected chi connectivity index (χ3v) is 5.35. The molecule has 1 aromatic carbocycles. The van der Waals surface area contributed by atoms with E-state index >= 15 is 0 Å². The molecule has 3 heterocycles. The van der Waals surface area contributed by atoms with Crippen LogP contribution in [0, 0.1) is 11.3 Å². The lowest BCUT2D eigenvalue weighted by molar-refractivity contribution is 0.0912. The van der Waals surface area contributed by atoms with Gasteiger partial charge in [0.2, 0.25) is 5.16 Å². The van der Waals surface area contributed by atoms with E-state index in [4.69, 9.17) is 10.00 Å². The lowest BCUT2D eigenvalue weighted by atomic mass is 10.2. The van der Waals surface area contributed by atoms with Gasteiger partial charge in [0.1, 0.15) is 12.4 Å². The highest BCUT2D eigenvalue weighted by Crippen LogP contribution is 2.22. The van der Waals surface area contributed by atoms with E-state index < -0.39 is 0 Å². The molecular weight excluding hydrogens is 366 g/mol. The quantitative estimate of drug-likeness (QED) is 0.587. The predicted octanol–water partition coefficient (Wildman–Crippen LogP) is 1.38. The van der Waals surface area contributed by atoms with Crippen LogP contribution in [0.3, 0.4) is 0 Å². The molecule has 0 N–H and O–H groups in total. The van der Waals surface area contributed by atoms with Gasteiger partial charge in [-0.05, 0) is 35.4 Å². The zero-order chi connectivity index (χ0) is 18.6. The van der Waals surface area contributed by atoms with E-state index in [2.05, 4.69) is 20.5 Å². The Bertz CT molecular complexity index is 1050. The maximum atomic E-state index is 12.7. The van der Waals surface area contributed by atoms with Gasteiger partial charge >= 0.3 is 0 Å². The Kier molecular flexibility index (Phi) is 5.13. The molecule has 1 aliphatic heterocycles. The second-order valence-corrected chi connectivity index (χ2v) is 7.10. The second kappa shape index (κ2) is 7.85. The summed E-state index contributed by atoms with van der Waals surface area (Å²) >= 11 is 1.39. The van der Waals surface area contributed by atoms with Crippen LogP contribution in [-0.4, -0.2) is 42.5 Å². The molecule has 1 saturated heterocycles. The van der Waals surface area contributed by atoms with E-state index in [9.17, 15) is 4.79 Å². The minimum atomic E-state index is -0.211. The Morgan fingerprint density at radius 2 is 2.26 bits per heavy atom. The number of tetrazole rings is 1. The van der Waals surface area contributed by atoms with Gasteiger partial charge in [-0.2, -0.15) is 5.26 Å². The maximum Gasteiger partial charge on any atom is 0.262 e. The van der Waals surface area contributed by atoms with Crippen molar-refractivity contribution >= 4 is 22.7 Å². The van der Waals surface area contributed by atoms with Gasteiger partial charge in [0.15, 0.2) is 0 Å². The molecule has 0 saturated carbocycles. The van der Waals surface area contributed by atoms with Gasteiger partial charge in [-0.3, -0.25) is 9.36 Å². The van der Waals surface area contributed by atoms with Crippen molar-refractivity contribution in [2.24, 2.45) is 0 Å². The van der Waals surface area contributed by atoms with Crippen molar-refractivity contribution in [1.29, 1.82) is 5.26 Å². The fourth-order valence-electron chi connectivity index (χ4n) is 3.08. The highest BCUT2D eigenvalue weighted by atomic mass is 32.2. The molecule has 2 aromatic heterocycles. The molecule has 0 bridgehead atoms. The fourth-order valence-corrected chi connectivity index (χ4v) is 3.92. The molecule has 1 fully saturated rings. The number of nitriles is 1. The molecule has 0 amide bonds. The first-order chi connectivity index (χ1) is 13.3. The van der Waals surface area contributed by atoms with Crippen LogP contribution in [0.1, 0.15) is 18.7 Å². The van der Waals surface area contributed by atoms with Crippen LogP contribution >= 0.6 is 11.8 Å². The van der Waals surface area contributed by atoms with Crippen molar-refractivity contribution in [3.8, 4) is 6.07 Å². The van der Waals surface area contributed by atoms with E-state index in [1.165, 1.54) is 16.3 Å². The van der Waals surface area contributed by atoms with E-state index in [1.54, 1.807) is 22.9 Å². The molecule has 138 valence electrons. The van der Waals surface area contributed by atoms with Crippen molar-refractivity contribution in [2.45, 2.75) is 42.9 Å². The molecule has 0 radical (unpaired) electrons. The topological polar surface area (TPSA) is 112 Å². The molecule has 0 spiro atoms. The number of rotatable bonds is 6. The lowest BCUT2D eigenvalue weighted by Crippen LogP contribution is -2.25. The third-order valence-electron chi connectivity index (χ3n) is 4.40. The Labute approximate surface area is 159 Å². The first kappa shape index (κ1) is 17.6. The zero-order valence-corrected chi connectivity index (χ0v) is 15.3. The molecule has 27 heavy (non-hydrogen) atoms. The Hall–Kier alpha value is -2.77.